The van der Waals surface area contributed by atoms with Gasteiger partial charge in [-0.25, -0.2) is 0 Å². The van der Waals surface area contributed by atoms with Crippen molar-refractivity contribution in [2.75, 3.05) is 20.2 Å². The first-order valence-electron chi connectivity index (χ1n) is 9.41. The topological polar surface area (TPSA) is 49.9 Å². The highest BCUT2D eigenvalue weighted by molar-refractivity contribution is 5.95. The van der Waals surface area contributed by atoms with E-state index in [0.717, 1.165) is 24.3 Å². The molecule has 2 aromatic rings. The van der Waals surface area contributed by atoms with E-state index in [2.05, 4.69) is 4.90 Å². The van der Waals surface area contributed by atoms with Crippen molar-refractivity contribution < 1.29 is 14.3 Å². The summed E-state index contributed by atoms with van der Waals surface area (Å²) >= 11 is 0. The van der Waals surface area contributed by atoms with Crippen LogP contribution in [0.25, 0.3) is 0 Å². The second-order valence-electron chi connectivity index (χ2n) is 7.28. The van der Waals surface area contributed by atoms with Crippen molar-refractivity contribution >= 4 is 11.7 Å². The molecule has 0 saturated carbocycles. The number of piperazine rings is 1. The standard InChI is InChI=1S/C22H24N2O3/c1-27-19-10-7-16(8-11-19)13-23-14-18-9-12-21(25)20(23)15-24(18)22(26)17-5-3-2-4-6-17/h2-8,10-11,18,20H,9,12-15H2,1H3/t18-,20+/m1/s1. The Hall–Kier alpha value is -2.66. The summed E-state index contributed by atoms with van der Waals surface area (Å²) in [5.74, 6) is 1.10. The maximum atomic E-state index is 13.0. The number of Topliss-reactive ketones (excluding diaryl/α,β-unsaturated/α-hetero) is 1. The van der Waals surface area contributed by atoms with Crippen molar-refractivity contribution in [1.29, 1.82) is 0 Å². The molecule has 5 heteroatoms. The van der Waals surface area contributed by atoms with E-state index in [1.807, 2.05) is 59.5 Å². The third-order valence-electron chi connectivity index (χ3n) is 5.62. The number of methoxy groups -OCH3 is 1. The molecule has 0 N–H and O–H groups in total. The number of hydrogen-bond donors (Lipinski definition) is 0. The van der Waals surface area contributed by atoms with E-state index >= 15 is 0 Å². The molecular weight excluding hydrogens is 340 g/mol. The Morgan fingerprint density at radius 1 is 1.07 bits per heavy atom. The maximum Gasteiger partial charge on any atom is 0.254 e. The molecule has 0 spiro atoms. The zero-order valence-electron chi connectivity index (χ0n) is 15.5. The van der Waals surface area contributed by atoms with Crippen LogP contribution in [-0.4, -0.2) is 53.8 Å². The molecule has 3 heterocycles. The molecular formula is C22H24N2O3. The van der Waals surface area contributed by atoms with Crippen LogP contribution >= 0.6 is 0 Å². The third-order valence-corrected chi connectivity index (χ3v) is 5.62. The lowest BCUT2D eigenvalue weighted by molar-refractivity contribution is -0.124. The van der Waals surface area contributed by atoms with Crippen molar-refractivity contribution in [2.24, 2.45) is 0 Å². The summed E-state index contributed by atoms with van der Waals surface area (Å²) in [6, 6.07) is 17.2. The van der Waals surface area contributed by atoms with Crippen LogP contribution < -0.4 is 4.74 Å². The van der Waals surface area contributed by atoms with Crippen molar-refractivity contribution in [3.63, 3.8) is 0 Å². The quantitative estimate of drug-likeness (QED) is 0.837. The molecule has 2 bridgehead atoms. The fraction of sp³-hybridized carbons (Fsp3) is 0.364. The molecule has 3 aliphatic rings. The Morgan fingerprint density at radius 3 is 2.52 bits per heavy atom. The van der Waals surface area contributed by atoms with Gasteiger partial charge in [0.25, 0.3) is 5.91 Å². The minimum atomic E-state index is -0.224. The second kappa shape index (κ2) is 7.53. The minimum Gasteiger partial charge on any atom is -0.497 e. The normalized spacial score (nSPS) is 22.6. The Morgan fingerprint density at radius 2 is 1.81 bits per heavy atom. The number of amides is 1. The predicted molar refractivity (Wildman–Crippen MR) is 103 cm³/mol. The zero-order chi connectivity index (χ0) is 18.8. The lowest BCUT2D eigenvalue weighted by atomic mass is 10.0. The first-order valence-corrected chi connectivity index (χ1v) is 9.41. The van der Waals surface area contributed by atoms with E-state index in [9.17, 15) is 9.59 Å². The van der Waals surface area contributed by atoms with Crippen molar-refractivity contribution in [2.45, 2.75) is 31.5 Å². The first kappa shape index (κ1) is 17.7. The Kier molecular flexibility index (Phi) is 4.94. The summed E-state index contributed by atoms with van der Waals surface area (Å²) in [5, 5.41) is 0. The molecule has 5 nitrogen and oxygen atoms in total. The molecule has 140 valence electrons. The molecule has 1 amide bonds. The van der Waals surface area contributed by atoms with Crippen LogP contribution in [0.5, 0.6) is 5.75 Å². The number of carbonyl (C=O) groups is 2. The fourth-order valence-corrected chi connectivity index (χ4v) is 4.11. The number of ether oxygens (including phenoxy) is 1. The van der Waals surface area contributed by atoms with Crippen LogP contribution in [0.2, 0.25) is 0 Å². The molecule has 27 heavy (non-hydrogen) atoms. The summed E-state index contributed by atoms with van der Waals surface area (Å²) in [6.45, 7) is 1.93. The molecule has 0 radical (unpaired) electrons. The lowest BCUT2D eigenvalue weighted by Gasteiger charge is -2.43. The second-order valence-corrected chi connectivity index (χ2v) is 7.28. The third kappa shape index (κ3) is 3.60. The Balaban J connectivity index is 1.53. The van der Waals surface area contributed by atoms with Gasteiger partial charge in [-0.2, -0.15) is 0 Å². The van der Waals surface area contributed by atoms with Gasteiger partial charge in [-0.05, 0) is 36.2 Å². The molecule has 3 aliphatic heterocycles. The van der Waals surface area contributed by atoms with E-state index in [-0.39, 0.29) is 23.8 Å². The predicted octanol–water partition coefficient (Wildman–Crippen LogP) is 2.75. The van der Waals surface area contributed by atoms with E-state index in [4.69, 9.17) is 4.74 Å². The number of rotatable bonds is 4. The SMILES string of the molecule is COc1ccc(CN2C[C@H]3CCC(=O)[C@@H]2CN3C(=O)c2ccccc2)cc1. The van der Waals surface area contributed by atoms with Gasteiger partial charge in [0, 0.05) is 37.7 Å². The molecule has 3 saturated heterocycles. The fourth-order valence-electron chi connectivity index (χ4n) is 4.11. The molecule has 0 unspecified atom stereocenters. The molecule has 2 atom stereocenters. The van der Waals surface area contributed by atoms with Gasteiger partial charge in [-0.1, -0.05) is 30.3 Å². The molecule has 2 aromatic carbocycles. The molecule has 0 aliphatic carbocycles. The number of ketones is 1. The van der Waals surface area contributed by atoms with Gasteiger partial charge < -0.3 is 9.64 Å². The van der Waals surface area contributed by atoms with Gasteiger partial charge in [0.2, 0.25) is 0 Å². The summed E-state index contributed by atoms with van der Waals surface area (Å²) in [4.78, 5) is 29.8. The van der Waals surface area contributed by atoms with Crippen LogP contribution in [0.1, 0.15) is 28.8 Å². The average Bonchev–Trinajstić information content (AvgIpc) is 2.97. The first-order chi connectivity index (χ1) is 13.2. The van der Waals surface area contributed by atoms with Crippen LogP contribution in [0.3, 0.4) is 0 Å². The number of hydrogen-bond acceptors (Lipinski definition) is 4. The highest BCUT2D eigenvalue weighted by Gasteiger charge is 2.42. The minimum absolute atomic E-state index is 0.0318. The number of fused-ring (bicyclic) bond motifs is 4. The Labute approximate surface area is 159 Å². The van der Waals surface area contributed by atoms with Gasteiger partial charge in [-0.15, -0.1) is 0 Å². The van der Waals surface area contributed by atoms with Crippen molar-refractivity contribution in [3.05, 3.63) is 65.7 Å². The number of benzene rings is 2. The molecule has 3 fully saturated rings. The summed E-state index contributed by atoms with van der Waals surface area (Å²) in [7, 11) is 1.65. The maximum absolute atomic E-state index is 13.0. The van der Waals surface area contributed by atoms with Crippen molar-refractivity contribution in [3.8, 4) is 5.75 Å². The van der Waals surface area contributed by atoms with Gasteiger partial charge in [0.05, 0.1) is 13.2 Å². The van der Waals surface area contributed by atoms with Crippen molar-refractivity contribution in [1.82, 2.24) is 9.80 Å². The van der Waals surface area contributed by atoms with E-state index in [0.29, 0.717) is 25.1 Å². The van der Waals surface area contributed by atoms with E-state index < -0.39 is 0 Å². The van der Waals surface area contributed by atoms with E-state index in [1.54, 1.807) is 7.11 Å². The van der Waals surface area contributed by atoms with Crippen LogP contribution in [0.4, 0.5) is 0 Å². The summed E-state index contributed by atoms with van der Waals surface area (Å²) in [6.07, 6.45) is 1.29. The smallest absolute Gasteiger partial charge is 0.254 e. The largest absolute Gasteiger partial charge is 0.497 e. The van der Waals surface area contributed by atoms with Gasteiger partial charge >= 0.3 is 0 Å². The van der Waals surface area contributed by atoms with Gasteiger partial charge in [0.15, 0.2) is 5.78 Å². The van der Waals surface area contributed by atoms with E-state index in [1.165, 1.54) is 0 Å². The zero-order valence-corrected chi connectivity index (χ0v) is 15.5. The highest BCUT2D eigenvalue weighted by Crippen LogP contribution is 2.28. The molecule has 0 aromatic heterocycles. The summed E-state index contributed by atoms with van der Waals surface area (Å²) in [5.41, 5.74) is 1.84. The number of carbonyl (C=O) groups excluding carboxylic acids is 2. The number of nitrogens with zero attached hydrogens (tertiary/aromatic N) is 2. The monoisotopic (exact) mass is 364 g/mol. The van der Waals surface area contributed by atoms with Gasteiger partial charge in [0.1, 0.15) is 5.75 Å². The van der Waals surface area contributed by atoms with Crippen LogP contribution in [0, 0.1) is 0 Å². The van der Waals surface area contributed by atoms with Gasteiger partial charge in [-0.3, -0.25) is 14.5 Å². The Bertz CT molecular complexity index is 819. The lowest BCUT2D eigenvalue weighted by Crippen LogP contribution is -2.59. The summed E-state index contributed by atoms with van der Waals surface area (Å²) < 4.78 is 5.22. The highest BCUT2D eigenvalue weighted by atomic mass is 16.5. The van der Waals surface area contributed by atoms with Crippen LogP contribution in [0.15, 0.2) is 54.6 Å². The molecule has 5 rings (SSSR count). The van der Waals surface area contributed by atoms with Crippen LogP contribution in [-0.2, 0) is 11.3 Å². The average molecular weight is 364 g/mol.